The molecule has 3 fully saturated rings. The summed E-state index contributed by atoms with van der Waals surface area (Å²) >= 11 is 0. The zero-order chi connectivity index (χ0) is 13.1. The average Bonchev–Trinajstić information content (AvgIpc) is 2.78. The van der Waals surface area contributed by atoms with Crippen LogP contribution in [0.25, 0.3) is 0 Å². The van der Waals surface area contributed by atoms with Gasteiger partial charge in [-0.1, -0.05) is 29.8 Å². The highest BCUT2D eigenvalue weighted by Gasteiger charge is 2.60. The normalized spacial score (nSPS) is 40.5. The predicted octanol–water partition coefficient (Wildman–Crippen LogP) is 2.10. The number of ether oxygens (including phenoxy) is 1. The van der Waals surface area contributed by atoms with Crippen LogP contribution in [0.1, 0.15) is 29.9 Å². The fourth-order valence-corrected chi connectivity index (χ4v) is 4.31. The van der Waals surface area contributed by atoms with Crippen LogP contribution < -0.4 is 0 Å². The van der Waals surface area contributed by atoms with E-state index in [0.717, 1.165) is 12.8 Å². The zero-order valence-corrected chi connectivity index (χ0v) is 11.4. The van der Waals surface area contributed by atoms with Crippen LogP contribution in [0.3, 0.4) is 0 Å². The minimum absolute atomic E-state index is 0.0191. The molecule has 5 atom stereocenters. The first-order valence-electron chi connectivity index (χ1n) is 7.14. The Labute approximate surface area is 113 Å². The Hall–Kier alpha value is -1.35. The number of likely N-dealkylation sites (N-methyl/N-ethyl adjacent to an activating group) is 1. The Balaban J connectivity index is 1.74. The van der Waals surface area contributed by atoms with Crippen molar-refractivity contribution in [3.63, 3.8) is 0 Å². The van der Waals surface area contributed by atoms with E-state index < -0.39 is 0 Å². The standard InChI is InChI=1S/C16H19NO2/c1-9-3-5-10(6-4-9)12-7-11-8-13-15(17(11)2)14(12)16(18)19-13/h3-6,11-15H,7-8H2,1-2H3/t11?,12-,13-,14+,15?/m1/s1. The van der Waals surface area contributed by atoms with E-state index in [1.54, 1.807) is 0 Å². The van der Waals surface area contributed by atoms with Gasteiger partial charge in [0.25, 0.3) is 0 Å². The maximum Gasteiger partial charge on any atom is 0.311 e. The van der Waals surface area contributed by atoms with Crippen LogP contribution in [0, 0.1) is 12.8 Å². The molecular formula is C16H19NO2. The van der Waals surface area contributed by atoms with Crippen molar-refractivity contribution in [2.75, 3.05) is 7.05 Å². The summed E-state index contributed by atoms with van der Waals surface area (Å²) in [5.41, 5.74) is 2.57. The van der Waals surface area contributed by atoms with E-state index in [4.69, 9.17) is 4.74 Å². The molecule has 1 aromatic carbocycles. The summed E-state index contributed by atoms with van der Waals surface area (Å²) in [6, 6.07) is 9.54. The van der Waals surface area contributed by atoms with Gasteiger partial charge in [0.1, 0.15) is 6.10 Å². The van der Waals surface area contributed by atoms with Crippen LogP contribution in [0.5, 0.6) is 0 Å². The van der Waals surface area contributed by atoms with E-state index in [0.29, 0.717) is 18.0 Å². The molecular weight excluding hydrogens is 238 g/mol. The SMILES string of the molecule is Cc1ccc([C@H]2CC3C[C@H]4OC(=O)[C@@H]2C4N3C)cc1. The number of benzene rings is 1. The molecule has 0 amide bonds. The van der Waals surface area contributed by atoms with E-state index in [1.807, 2.05) is 0 Å². The lowest BCUT2D eigenvalue weighted by molar-refractivity contribution is -0.146. The van der Waals surface area contributed by atoms with Crippen molar-refractivity contribution < 1.29 is 9.53 Å². The van der Waals surface area contributed by atoms with Gasteiger partial charge in [-0.25, -0.2) is 0 Å². The zero-order valence-electron chi connectivity index (χ0n) is 11.4. The number of fused-ring (bicyclic) bond motifs is 1. The van der Waals surface area contributed by atoms with Crippen molar-refractivity contribution in [1.29, 1.82) is 0 Å². The number of aryl methyl sites for hydroxylation is 1. The summed E-state index contributed by atoms with van der Waals surface area (Å²) in [6.45, 7) is 2.10. The first-order valence-corrected chi connectivity index (χ1v) is 7.14. The third-order valence-electron chi connectivity index (χ3n) is 5.30. The van der Waals surface area contributed by atoms with Gasteiger partial charge in [-0.15, -0.1) is 0 Å². The molecule has 0 aromatic heterocycles. The van der Waals surface area contributed by atoms with Crippen LogP contribution in [0.2, 0.25) is 0 Å². The first kappa shape index (κ1) is 11.5. The molecule has 2 bridgehead atoms. The number of carbonyl (C=O) groups excluding carboxylic acids is 1. The van der Waals surface area contributed by atoms with Gasteiger partial charge >= 0.3 is 5.97 Å². The van der Waals surface area contributed by atoms with Crippen LogP contribution in [0.4, 0.5) is 0 Å². The number of carbonyl (C=O) groups is 1. The Morgan fingerprint density at radius 3 is 2.68 bits per heavy atom. The maximum atomic E-state index is 12.2. The highest BCUT2D eigenvalue weighted by molar-refractivity contribution is 5.78. The van der Waals surface area contributed by atoms with E-state index in [9.17, 15) is 4.79 Å². The first-order chi connectivity index (χ1) is 9.15. The second-order valence-electron chi connectivity index (χ2n) is 6.30. The average molecular weight is 257 g/mol. The minimum Gasteiger partial charge on any atom is -0.460 e. The molecule has 3 heteroatoms. The fraction of sp³-hybridized carbons (Fsp3) is 0.562. The van der Waals surface area contributed by atoms with Gasteiger partial charge in [0.05, 0.1) is 12.0 Å². The van der Waals surface area contributed by atoms with Gasteiger partial charge in [-0.2, -0.15) is 0 Å². The van der Waals surface area contributed by atoms with Crippen LogP contribution in [0.15, 0.2) is 24.3 Å². The second kappa shape index (κ2) is 3.83. The predicted molar refractivity (Wildman–Crippen MR) is 71.9 cm³/mol. The highest BCUT2D eigenvalue weighted by atomic mass is 16.6. The molecule has 3 nitrogen and oxygen atoms in total. The van der Waals surface area contributed by atoms with E-state index in [-0.39, 0.29) is 18.0 Å². The lowest BCUT2D eigenvalue weighted by Gasteiger charge is -2.39. The largest absolute Gasteiger partial charge is 0.460 e. The van der Waals surface area contributed by atoms with Gasteiger partial charge in [0, 0.05) is 18.4 Å². The van der Waals surface area contributed by atoms with Crippen molar-refractivity contribution in [2.45, 2.75) is 43.9 Å². The van der Waals surface area contributed by atoms with Crippen molar-refractivity contribution in [1.82, 2.24) is 4.90 Å². The van der Waals surface area contributed by atoms with E-state index in [1.165, 1.54) is 11.1 Å². The summed E-state index contributed by atoms with van der Waals surface area (Å²) in [4.78, 5) is 14.6. The quantitative estimate of drug-likeness (QED) is 0.722. The number of piperidine rings is 1. The summed E-state index contributed by atoms with van der Waals surface area (Å²) in [7, 11) is 2.15. The van der Waals surface area contributed by atoms with Crippen molar-refractivity contribution in [3.8, 4) is 0 Å². The van der Waals surface area contributed by atoms with Crippen molar-refractivity contribution in [3.05, 3.63) is 35.4 Å². The molecule has 3 aliphatic heterocycles. The number of rotatable bonds is 1. The van der Waals surface area contributed by atoms with Gasteiger partial charge < -0.3 is 4.74 Å². The molecule has 3 aliphatic rings. The second-order valence-corrected chi connectivity index (χ2v) is 6.30. The Kier molecular flexibility index (Phi) is 2.31. The smallest absolute Gasteiger partial charge is 0.311 e. The summed E-state index contributed by atoms with van der Waals surface area (Å²) in [5.74, 6) is 0.397. The molecule has 19 heavy (non-hydrogen) atoms. The molecule has 0 saturated carbocycles. The lowest BCUT2D eigenvalue weighted by atomic mass is 9.77. The summed E-state index contributed by atoms with van der Waals surface area (Å²) < 4.78 is 5.58. The maximum absolute atomic E-state index is 12.2. The van der Waals surface area contributed by atoms with Crippen LogP contribution in [-0.4, -0.2) is 36.1 Å². The molecule has 3 saturated heterocycles. The Morgan fingerprint density at radius 2 is 1.95 bits per heavy atom. The summed E-state index contributed by atoms with van der Waals surface area (Å²) in [6.07, 6.45) is 2.25. The van der Waals surface area contributed by atoms with Gasteiger partial charge in [-0.05, 0) is 26.0 Å². The molecule has 100 valence electrons. The van der Waals surface area contributed by atoms with E-state index in [2.05, 4.69) is 43.1 Å². The fourth-order valence-electron chi connectivity index (χ4n) is 4.31. The lowest BCUT2D eigenvalue weighted by Crippen LogP contribution is -2.47. The minimum atomic E-state index is 0.0191. The van der Waals surface area contributed by atoms with E-state index >= 15 is 0 Å². The molecule has 0 spiro atoms. The Bertz CT molecular complexity index is 524. The van der Waals surface area contributed by atoms with Crippen molar-refractivity contribution in [2.24, 2.45) is 5.92 Å². The van der Waals surface area contributed by atoms with Gasteiger partial charge in [0.15, 0.2) is 0 Å². The third kappa shape index (κ3) is 1.51. The molecule has 0 aliphatic carbocycles. The molecule has 3 heterocycles. The monoisotopic (exact) mass is 257 g/mol. The molecule has 0 radical (unpaired) electrons. The Morgan fingerprint density at radius 1 is 1.21 bits per heavy atom. The number of esters is 1. The topological polar surface area (TPSA) is 29.5 Å². The van der Waals surface area contributed by atoms with Gasteiger partial charge in [0.2, 0.25) is 0 Å². The van der Waals surface area contributed by atoms with Crippen LogP contribution in [-0.2, 0) is 9.53 Å². The third-order valence-corrected chi connectivity index (χ3v) is 5.30. The summed E-state index contributed by atoms with van der Waals surface area (Å²) in [5, 5.41) is 0. The number of nitrogens with zero attached hydrogens (tertiary/aromatic N) is 1. The molecule has 2 unspecified atom stereocenters. The number of hydrogen-bond acceptors (Lipinski definition) is 3. The molecule has 4 rings (SSSR count). The van der Waals surface area contributed by atoms with Crippen molar-refractivity contribution >= 4 is 5.97 Å². The van der Waals surface area contributed by atoms with Crippen LogP contribution >= 0.6 is 0 Å². The molecule has 0 N–H and O–H groups in total. The highest BCUT2D eigenvalue weighted by Crippen LogP contribution is 2.51. The molecule has 1 aromatic rings. The number of hydrogen-bond donors (Lipinski definition) is 0. The van der Waals surface area contributed by atoms with Gasteiger partial charge in [-0.3, -0.25) is 9.69 Å².